The summed E-state index contributed by atoms with van der Waals surface area (Å²) < 4.78 is 29.8. The van der Waals surface area contributed by atoms with Crippen LogP contribution in [0.1, 0.15) is 18.1 Å². The molecule has 6 nitrogen and oxygen atoms in total. The molecule has 150 valence electrons. The molecule has 3 rings (SSSR count). The third-order valence-electron chi connectivity index (χ3n) is 4.39. The molecule has 1 aliphatic heterocycles. The first kappa shape index (κ1) is 20.4. The van der Waals surface area contributed by atoms with E-state index >= 15 is 0 Å². The molecule has 1 unspecified atom stereocenters. The van der Waals surface area contributed by atoms with Crippen LogP contribution in [0, 0.1) is 5.82 Å². The van der Waals surface area contributed by atoms with Gasteiger partial charge in [0.15, 0.2) is 0 Å². The fourth-order valence-corrected chi connectivity index (χ4v) is 3.17. The van der Waals surface area contributed by atoms with E-state index in [0.717, 1.165) is 11.1 Å². The first-order chi connectivity index (χ1) is 13.5. The highest BCUT2D eigenvalue weighted by Gasteiger charge is 2.31. The van der Waals surface area contributed by atoms with Crippen molar-refractivity contribution in [1.82, 2.24) is 4.98 Å². The lowest BCUT2D eigenvalue weighted by molar-refractivity contribution is -0.117. The Morgan fingerprint density at radius 1 is 1.36 bits per heavy atom. The summed E-state index contributed by atoms with van der Waals surface area (Å²) in [5.41, 5.74) is 2.20. The lowest BCUT2D eigenvalue weighted by Crippen LogP contribution is -2.46. The van der Waals surface area contributed by atoms with Gasteiger partial charge >= 0.3 is 0 Å². The van der Waals surface area contributed by atoms with Crippen LogP contribution in [-0.2, 0) is 16.0 Å². The molecule has 0 saturated heterocycles. The zero-order valence-corrected chi connectivity index (χ0v) is 16.5. The Bertz CT molecular complexity index is 832. The van der Waals surface area contributed by atoms with Gasteiger partial charge in [-0.3, -0.25) is 4.79 Å². The molecule has 0 radical (unpaired) electrons. The number of pyridine rings is 1. The number of carbonyl (C=O) groups is 1. The van der Waals surface area contributed by atoms with E-state index in [9.17, 15) is 9.18 Å². The molecule has 1 atom stereocenters. The van der Waals surface area contributed by atoms with Crippen LogP contribution in [0.2, 0.25) is 0 Å². The van der Waals surface area contributed by atoms with E-state index in [2.05, 4.69) is 4.98 Å². The summed E-state index contributed by atoms with van der Waals surface area (Å²) in [4.78, 5) is 18.5. The minimum absolute atomic E-state index is 0.136. The van der Waals surface area contributed by atoms with Crippen molar-refractivity contribution >= 4 is 23.2 Å². The van der Waals surface area contributed by atoms with E-state index in [1.165, 1.54) is 12.1 Å². The van der Waals surface area contributed by atoms with E-state index in [0.29, 0.717) is 43.7 Å². The molecule has 0 spiro atoms. The van der Waals surface area contributed by atoms with Gasteiger partial charge in [-0.2, -0.15) is 4.98 Å². The lowest BCUT2D eigenvalue weighted by atomic mass is 10.0. The maximum absolute atomic E-state index is 13.2. The third-order valence-corrected chi connectivity index (χ3v) is 4.62. The van der Waals surface area contributed by atoms with E-state index in [4.69, 9.17) is 25.8 Å². The molecule has 1 aromatic heterocycles. The summed E-state index contributed by atoms with van der Waals surface area (Å²) in [6.07, 6.45) is 0.458. The normalized spacial score (nSPS) is 15.7. The number of rotatable bonds is 7. The molecule has 0 fully saturated rings. The number of nitrogens with zero attached hydrogens (tertiary/aromatic N) is 2. The maximum atomic E-state index is 13.2. The van der Waals surface area contributed by atoms with Crippen molar-refractivity contribution in [3.05, 3.63) is 47.3 Å². The van der Waals surface area contributed by atoms with Crippen molar-refractivity contribution in [3.63, 3.8) is 0 Å². The van der Waals surface area contributed by atoms with Gasteiger partial charge in [0, 0.05) is 19.1 Å². The van der Waals surface area contributed by atoms with E-state index in [1.54, 1.807) is 24.1 Å². The molecule has 28 heavy (non-hydrogen) atoms. The number of methoxy groups -OCH3 is 1. The summed E-state index contributed by atoms with van der Waals surface area (Å²) in [6.45, 7) is 2.93. The van der Waals surface area contributed by atoms with Crippen LogP contribution in [0.3, 0.4) is 0 Å². The molecule has 2 aromatic rings. The van der Waals surface area contributed by atoms with Crippen LogP contribution in [-0.4, -0.2) is 49.7 Å². The van der Waals surface area contributed by atoms with Crippen LogP contribution < -0.4 is 14.4 Å². The van der Waals surface area contributed by atoms with Crippen molar-refractivity contribution in [2.24, 2.45) is 0 Å². The van der Waals surface area contributed by atoms with Crippen LogP contribution in [0.5, 0.6) is 11.8 Å². The maximum Gasteiger partial charge on any atom is 0.242 e. The van der Waals surface area contributed by atoms with E-state index in [-0.39, 0.29) is 23.6 Å². The predicted octanol–water partition coefficient (Wildman–Crippen LogP) is 3.19. The number of amides is 1. The Balaban J connectivity index is 2.00. The number of hydrogen-bond donors (Lipinski definition) is 0. The van der Waals surface area contributed by atoms with Crippen molar-refractivity contribution in [2.45, 2.75) is 19.4 Å². The minimum atomic E-state index is -0.301. The summed E-state index contributed by atoms with van der Waals surface area (Å²) in [5.74, 6) is 0.0643. The van der Waals surface area contributed by atoms with Crippen LogP contribution in [0.25, 0.3) is 0 Å². The second kappa shape index (κ2) is 9.21. The summed E-state index contributed by atoms with van der Waals surface area (Å²) in [7, 11) is 1.59. The van der Waals surface area contributed by atoms with E-state index in [1.807, 2.05) is 13.0 Å². The summed E-state index contributed by atoms with van der Waals surface area (Å²) in [5, 5.41) is 0. The molecule has 0 saturated carbocycles. The van der Waals surface area contributed by atoms with Crippen molar-refractivity contribution in [3.8, 4) is 11.8 Å². The molecule has 1 aromatic carbocycles. The third kappa shape index (κ3) is 4.54. The fraction of sp³-hybridized carbons (Fsp3) is 0.400. The number of benzene rings is 1. The molecule has 0 bridgehead atoms. The number of alkyl halides is 1. The predicted molar refractivity (Wildman–Crippen MR) is 104 cm³/mol. The number of halogens is 2. The lowest BCUT2D eigenvalue weighted by Gasteiger charge is -2.34. The fourth-order valence-electron chi connectivity index (χ4n) is 3.04. The number of fused-ring (bicyclic) bond motifs is 1. The van der Waals surface area contributed by atoms with Gasteiger partial charge in [0.1, 0.15) is 30.6 Å². The first-order valence-corrected chi connectivity index (χ1v) is 9.48. The number of hydrogen-bond acceptors (Lipinski definition) is 5. The number of aromatic nitrogens is 1. The zero-order chi connectivity index (χ0) is 20.1. The Morgan fingerprint density at radius 2 is 2.11 bits per heavy atom. The standard InChI is InChI=1S/C20H22ClFN2O4/c1-13-12-28-20-17(24(13)18(25)11-21)10-15(19(23-20)27-8-7-26-2)9-14-3-5-16(22)6-4-14/h3-6,10,13H,7-9,11-12H2,1-2H3. The average Bonchev–Trinajstić information content (AvgIpc) is 2.70. The largest absolute Gasteiger partial charge is 0.475 e. The molecular formula is C20H22ClFN2O4. The molecule has 0 N–H and O–H groups in total. The highest BCUT2D eigenvalue weighted by Crippen LogP contribution is 2.37. The van der Waals surface area contributed by atoms with E-state index < -0.39 is 0 Å². The van der Waals surface area contributed by atoms with Crippen molar-refractivity contribution in [1.29, 1.82) is 0 Å². The molecule has 0 aliphatic carbocycles. The van der Waals surface area contributed by atoms with Crippen LogP contribution in [0.15, 0.2) is 30.3 Å². The van der Waals surface area contributed by atoms with Crippen LogP contribution >= 0.6 is 11.6 Å². The first-order valence-electron chi connectivity index (χ1n) is 8.94. The second-order valence-corrected chi connectivity index (χ2v) is 6.75. The quantitative estimate of drug-likeness (QED) is 0.520. The van der Waals surface area contributed by atoms with Crippen molar-refractivity contribution in [2.75, 3.05) is 37.7 Å². The SMILES string of the molecule is COCCOc1nc2c(cc1Cc1ccc(F)cc1)N(C(=O)CCl)C(C)CO2. The molecule has 1 aliphatic rings. The smallest absolute Gasteiger partial charge is 0.242 e. The van der Waals surface area contributed by atoms with Gasteiger partial charge in [-0.05, 0) is 30.7 Å². The topological polar surface area (TPSA) is 60.9 Å². The van der Waals surface area contributed by atoms with Gasteiger partial charge in [0.05, 0.1) is 12.6 Å². The summed E-state index contributed by atoms with van der Waals surface area (Å²) in [6, 6.07) is 7.87. The van der Waals surface area contributed by atoms with Gasteiger partial charge in [-0.15, -0.1) is 11.6 Å². The van der Waals surface area contributed by atoms with Gasteiger partial charge < -0.3 is 19.1 Å². The Kier molecular flexibility index (Phi) is 6.70. The Morgan fingerprint density at radius 3 is 2.79 bits per heavy atom. The molecule has 2 heterocycles. The number of ether oxygens (including phenoxy) is 3. The van der Waals surface area contributed by atoms with Gasteiger partial charge in [-0.1, -0.05) is 12.1 Å². The van der Waals surface area contributed by atoms with Crippen molar-refractivity contribution < 1.29 is 23.4 Å². The van der Waals surface area contributed by atoms with Gasteiger partial charge in [0.25, 0.3) is 0 Å². The molecular weight excluding hydrogens is 387 g/mol. The second-order valence-electron chi connectivity index (χ2n) is 6.48. The molecule has 8 heteroatoms. The van der Waals surface area contributed by atoms with Gasteiger partial charge in [0.2, 0.25) is 17.7 Å². The Labute approximate surface area is 168 Å². The highest BCUT2D eigenvalue weighted by molar-refractivity contribution is 6.29. The highest BCUT2D eigenvalue weighted by atomic mass is 35.5. The Hall–Kier alpha value is -2.38. The monoisotopic (exact) mass is 408 g/mol. The average molecular weight is 409 g/mol. The minimum Gasteiger partial charge on any atom is -0.475 e. The number of anilines is 1. The van der Waals surface area contributed by atoms with Crippen LogP contribution in [0.4, 0.5) is 10.1 Å². The molecule has 1 amide bonds. The number of carbonyl (C=O) groups excluding carboxylic acids is 1. The van der Waals surface area contributed by atoms with Gasteiger partial charge in [-0.25, -0.2) is 4.39 Å². The zero-order valence-electron chi connectivity index (χ0n) is 15.8. The summed E-state index contributed by atoms with van der Waals surface area (Å²) >= 11 is 5.79.